The lowest BCUT2D eigenvalue weighted by atomic mass is 9.91. The van der Waals surface area contributed by atoms with Crippen molar-refractivity contribution in [3.8, 4) is 29.1 Å². The monoisotopic (exact) mass is 472 g/mol. The van der Waals surface area contributed by atoms with Crippen LogP contribution in [0.4, 0.5) is 0 Å². The summed E-state index contributed by atoms with van der Waals surface area (Å²) in [7, 11) is 1.61. The van der Waals surface area contributed by atoms with E-state index in [1.54, 1.807) is 37.4 Å². The molecule has 1 unspecified atom stereocenters. The summed E-state index contributed by atoms with van der Waals surface area (Å²) in [5.74, 6) is -0.0289. The predicted molar refractivity (Wildman–Crippen MR) is 127 cm³/mol. The normalized spacial score (nSPS) is 14.1. The number of nitriles is 1. The minimum absolute atomic E-state index is 0.208. The van der Waals surface area contributed by atoms with Crippen LogP contribution in [-0.4, -0.2) is 37.2 Å². The number of carbonyl (C=O) groups is 2. The minimum atomic E-state index is -0.954. The highest BCUT2D eigenvalue weighted by Gasteiger charge is 2.29. The van der Waals surface area contributed by atoms with E-state index in [0.29, 0.717) is 42.0 Å². The molecule has 2 N–H and O–H groups in total. The largest absolute Gasteiger partial charge is 0.497 e. The lowest BCUT2D eigenvalue weighted by molar-refractivity contribution is -0.139. The molecule has 0 aromatic heterocycles. The van der Waals surface area contributed by atoms with Gasteiger partial charge in [-0.3, -0.25) is 9.59 Å². The van der Waals surface area contributed by atoms with E-state index in [1.807, 2.05) is 24.3 Å². The standard InChI is InChI=1S/C27H24N2O6/c1-33-21-4-2-3-17(13-21)9-11-29-26(30)18-5-7-20(8-6-18)35-24-15-25-23(14-19(24)16-28)22(27(31)32)10-12-34-25/h2-8,13-15,22H,9-12H2,1H3,(H,29,30)(H,31,32). The van der Waals surface area contributed by atoms with E-state index in [4.69, 9.17) is 14.2 Å². The number of ether oxygens (including phenoxy) is 3. The van der Waals surface area contributed by atoms with Gasteiger partial charge in [-0.15, -0.1) is 0 Å². The summed E-state index contributed by atoms with van der Waals surface area (Å²) in [6, 6.07) is 19.3. The molecule has 35 heavy (non-hydrogen) atoms. The molecule has 0 aliphatic carbocycles. The number of nitrogens with zero attached hydrogens (tertiary/aromatic N) is 1. The van der Waals surface area contributed by atoms with E-state index in [-0.39, 0.29) is 23.8 Å². The van der Waals surface area contributed by atoms with E-state index >= 15 is 0 Å². The van der Waals surface area contributed by atoms with Gasteiger partial charge >= 0.3 is 5.97 Å². The first-order valence-electron chi connectivity index (χ1n) is 11.1. The fraction of sp³-hybridized carbons (Fsp3) is 0.222. The van der Waals surface area contributed by atoms with Crippen LogP contribution in [0, 0.1) is 11.3 Å². The molecule has 0 radical (unpaired) electrons. The molecule has 0 fully saturated rings. The Balaban J connectivity index is 1.40. The van der Waals surface area contributed by atoms with Gasteiger partial charge in [0.1, 0.15) is 29.1 Å². The number of carboxylic acids is 1. The van der Waals surface area contributed by atoms with Crippen LogP contribution in [-0.2, 0) is 11.2 Å². The Hall–Kier alpha value is -4.51. The fourth-order valence-corrected chi connectivity index (χ4v) is 3.90. The molecule has 1 amide bonds. The van der Waals surface area contributed by atoms with Crippen LogP contribution in [0.25, 0.3) is 0 Å². The lowest BCUT2D eigenvalue weighted by Gasteiger charge is -2.24. The topological polar surface area (TPSA) is 118 Å². The third kappa shape index (κ3) is 5.53. The quantitative estimate of drug-likeness (QED) is 0.502. The van der Waals surface area contributed by atoms with Gasteiger partial charge in [0.15, 0.2) is 0 Å². The summed E-state index contributed by atoms with van der Waals surface area (Å²) >= 11 is 0. The first-order valence-corrected chi connectivity index (χ1v) is 11.1. The average molecular weight is 472 g/mol. The number of hydrogen-bond acceptors (Lipinski definition) is 6. The van der Waals surface area contributed by atoms with Crippen LogP contribution < -0.4 is 19.5 Å². The number of carbonyl (C=O) groups excluding carboxylic acids is 1. The van der Waals surface area contributed by atoms with E-state index < -0.39 is 11.9 Å². The minimum Gasteiger partial charge on any atom is -0.497 e. The molecular weight excluding hydrogens is 448 g/mol. The second kappa shape index (κ2) is 10.6. The second-order valence-electron chi connectivity index (χ2n) is 8.01. The maximum Gasteiger partial charge on any atom is 0.311 e. The first-order chi connectivity index (χ1) is 17.0. The summed E-state index contributed by atoms with van der Waals surface area (Å²) in [5.41, 5.74) is 2.21. The van der Waals surface area contributed by atoms with Gasteiger partial charge in [-0.25, -0.2) is 0 Å². The van der Waals surface area contributed by atoms with Gasteiger partial charge in [-0.2, -0.15) is 5.26 Å². The van der Waals surface area contributed by atoms with Crippen LogP contribution >= 0.6 is 0 Å². The van der Waals surface area contributed by atoms with Crippen molar-refractivity contribution in [2.24, 2.45) is 0 Å². The highest BCUT2D eigenvalue weighted by atomic mass is 16.5. The zero-order chi connectivity index (χ0) is 24.8. The van der Waals surface area contributed by atoms with Crippen LogP contribution in [0.1, 0.15) is 39.4 Å². The highest BCUT2D eigenvalue weighted by molar-refractivity contribution is 5.94. The Morgan fingerprint density at radius 1 is 1.14 bits per heavy atom. The van der Waals surface area contributed by atoms with Gasteiger partial charge in [0, 0.05) is 23.7 Å². The maximum absolute atomic E-state index is 12.5. The number of benzene rings is 3. The van der Waals surface area contributed by atoms with Crippen LogP contribution in [0.2, 0.25) is 0 Å². The van der Waals surface area contributed by atoms with Crippen molar-refractivity contribution in [2.45, 2.75) is 18.8 Å². The Morgan fingerprint density at radius 3 is 2.66 bits per heavy atom. The lowest BCUT2D eigenvalue weighted by Crippen LogP contribution is -2.25. The molecule has 1 atom stereocenters. The Bertz CT molecular complexity index is 1280. The molecule has 1 aliphatic rings. The third-order valence-electron chi connectivity index (χ3n) is 5.75. The van der Waals surface area contributed by atoms with Crippen molar-refractivity contribution >= 4 is 11.9 Å². The molecule has 0 saturated carbocycles. The molecular formula is C27H24N2O6. The molecule has 3 aromatic rings. The SMILES string of the molecule is COc1cccc(CCNC(=O)c2ccc(Oc3cc4c(cc3C#N)C(C(=O)O)CCO4)cc2)c1. The van der Waals surface area contributed by atoms with Crippen molar-refractivity contribution in [1.82, 2.24) is 5.32 Å². The van der Waals surface area contributed by atoms with Gasteiger partial charge in [-0.1, -0.05) is 12.1 Å². The van der Waals surface area contributed by atoms with Gasteiger partial charge in [0.25, 0.3) is 5.91 Å². The molecule has 8 heteroatoms. The number of nitrogens with one attached hydrogen (secondary N) is 1. The van der Waals surface area contributed by atoms with Crippen LogP contribution in [0.3, 0.4) is 0 Å². The predicted octanol–water partition coefficient (Wildman–Crippen LogP) is 4.28. The van der Waals surface area contributed by atoms with Gasteiger partial charge < -0.3 is 24.6 Å². The average Bonchev–Trinajstić information content (AvgIpc) is 2.88. The second-order valence-corrected chi connectivity index (χ2v) is 8.01. The number of fused-ring (bicyclic) bond motifs is 1. The van der Waals surface area contributed by atoms with Crippen molar-refractivity contribution in [1.29, 1.82) is 5.26 Å². The van der Waals surface area contributed by atoms with E-state index in [1.165, 1.54) is 6.07 Å². The number of amides is 1. The molecule has 1 heterocycles. The van der Waals surface area contributed by atoms with Crippen molar-refractivity contribution in [2.75, 3.05) is 20.3 Å². The molecule has 0 bridgehead atoms. The van der Waals surface area contributed by atoms with E-state index in [9.17, 15) is 20.0 Å². The summed E-state index contributed by atoms with van der Waals surface area (Å²) in [4.78, 5) is 24.0. The molecule has 4 rings (SSSR count). The highest BCUT2D eigenvalue weighted by Crippen LogP contribution is 2.39. The molecule has 1 aliphatic heterocycles. The van der Waals surface area contributed by atoms with Gasteiger partial charge in [-0.05, 0) is 60.9 Å². The molecule has 3 aromatic carbocycles. The molecule has 8 nitrogen and oxygen atoms in total. The van der Waals surface area contributed by atoms with Crippen LogP contribution in [0.15, 0.2) is 60.7 Å². The molecule has 178 valence electrons. The van der Waals surface area contributed by atoms with Crippen molar-refractivity contribution in [3.05, 3.63) is 82.9 Å². The number of rotatable bonds is 8. The smallest absolute Gasteiger partial charge is 0.311 e. The van der Waals surface area contributed by atoms with E-state index in [2.05, 4.69) is 11.4 Å². The van der Waals surface area contributed by atoms with Crippen molar-refractivity contribution in [3.63, 3.8) is 0 Å². The number of aliphatic carboxylic acids is 1. The number of hydrogen-bond donors (Lipinski definition) is 2. The molecule has 0 spiro atoms. The van der Waals surface area contributed by atoms with Crippen molar-refractivity contribution < 1.29 is 28.9 Å². The third-order valence-corrected chi connectivity index (χ3v) is 5.75. The zero-order valence-corrected chi connectivity index (χ0v) is 19.1. The zero-order valence-electron chi connectivity index (χ0n) is 19.1. The van der Waals surface area contributed by atoms with E-state index in [0.717, 1.165) is 11.3 Å². The summed E-state index contributed by atoms with van der Waals surface area (Å²) in [6.07, 6.45) is 1.01. The number of carboxylic acid groups (broad SMARTS) is 1. The summed E-state index contributed by atoms with van der Waals surface area (Å²) in [6.45, 7) is 0.749. The Morgan fingerprint density at radius 2 is 1.94 bits per heavy atom. The maximum atomic E-state index is 12.5. The van der Waals surface area contributed by atoms with Gasteiger partial charge in [0.2, 0.25) is 0 Å². The number of methoxy groups -OCH3 is 1. The Kier molecular flexibility index (Phi) is 7.17. The molecule has 0 saturated heterocycles. The summed E-state index contributed by atoms with van der Waals surface area (Å²) < 4.78 is 16.7. The first kappa shape index (κ1) is 23.6. The van der Waals surface area contributed by atoms with Gasteiger partial charge in [0.05, 0.1) is 25.2 Å². The fourth-order valence-electron chi connectivity index (χ4n) is 3.90. The Labute approximate surface area is 202 Å². The van der Waals surface area contributed by atoms with Crippen LogP contribution in [0.5, 0.6) is 23.0 Å². The summed E-state index contributed by atoms with van der Waals surface area (Å²) in [5, 5.41) is 21.9.